The Labute approximate surface area is 123 Å². The largest absolute Gasteiger partial charge is 0.316 e. The van der Waals surface area contributed by atoms with Gasteiger partial charge in [0.05, 0.1) is 10.5 Å². The summed E-state index contributed by atoms with van der Waals surface area (Å²) in [5, 5.41) is 8.60. The number of aromatic nitrogens is 5. The van der Waals surface area contributed by atoms with Crippen LogP contribution in [0.15, 0.2) is 47.4 Å². The summed E-state index contributed by atoms with van der Waals surface area (Å²) in [6.07, 6.45) is 1.65. The number of rotatable bonds is 1. The topological polar surface area (TPSA) is 75.9 Å². The minimum atomic E-state index is -0.318. The van der Waals surface area contributed by atoms with Crippen LogP contribution in [0.3, 0.4) is 0 Å². The Hall–Kier alpha value is -2.73. The van der Waals surface area contributed by atoms with Gasteiger partial charge in [0.25, 0.3) is 5.56 Å². The van der Waals surface area contributed by atoms with Crippen molar-refractivity contribution in [1.29, 1.82) is 0 Å². The van der Waals surface area contributed by atoms with Gasteiger partial charge in [-0.05, 0) is 24.3 Å². The first-order valence-electron chi connectivity index (χ1n) is 6.23. The summed E-state index contributed by atoms with van der Waals surface area (Å²) in [7, 11) is 0. The lowest BCUT2D eigenvalue weighted by Crippen LogP contribution is -2.12. The van der Waals surface area contributed by atoms with Crippen molar-refractivity contribution < 1.29 is 0 Å². The molecule has 0 fully saturated rings. The summed E-state index contributed by atoms with van der Waals surface area (Å²) >= 11 is 6.22. The van der Waals surface area contributed by atoms with Crippen LogP contribution >= 0.6 is 11.6 Å². The van der Waals surface area contributed by atoms with E-state index in [0.717, 1.165) is 0 Å². The van der Waals surface area contributed by atoms with Gasteiger partial charge in [0.2, 0.25) is 5.65 Å². The minimum Gasteiger partial charge on any atom is -0.316 e. The molecule has 0 aliphatic rings. The number of benzene rings is 1. The second-order valence-electron chi connectivity index (χ2n) is 4.49. The van der Waals surface area contributed by atoms with Gasteiger partial charge in [-0.15, -0.1) is 10.2 Å². The van der Waals surface area contributed by atoms with Gasteiger partial charge in [0.1, 0.15) is 0 Å². The van der Waals surface area contributed by atoms with Crippen LogP contribution in [0.25, 0.3) is 28.2 Å². The quantitative estimate of drug-likeness (QED) is 0.585. The van der Waals surface area contributed by atoms with Crippen molar-refractivity contribution in [3.8, 4) is 11.4 Å². The van der Waals surface area contributed by atoms with Gasteiger partial charge < -0.3 is 4.98 Å². The summed E-state index contributed by atoms with van der Waals surface area (Å²) < 4.78 is 1.62. The summed E-state index contributed by atoms with van der Waals surface area (Å²) in [5.74, 6) is 0.491. The molecule has 0 aliphatic heterocycles. The van der Waals surface area contributed by atoms with Crippen LogP contribution in [0.5, 0.6) is 0 Å². The Kier molecular flexibility index (Phi) is 2.52. The van der Waals surface area contributed by atoms with Gasteiger partial charge in [-0.2, -0.15) is 0 Å². The minimum absolute atomic E-state index is 0.191. The molecule has 21 heavy (non-hydrogen) atoms. The zero-order valence-electron chi connectivity index (χ0n) is 10.6. The van der Waals surface area contributed by atoms with Crippen LogP contribution in [-0.4, -0.2) is 24.6 Å². The number of hydrogen-bond donors (Lipinski definition) is 1. The lowest BCUT2D eigenvalue weighted by atomic mass is 10.2. The van der Waals surface area contributed by atoms with E-state index in [4.69, 9.17) is 11.6 Å². The van der Waals surface area contributed by atoms with Crippen molar-refractivity contribution in [2.24, 2.45) is 0 Å². The molecule has 0 atom stereocenters. The molecule has 102 valence electrons. The molecule has 7 heteroatoms. The third-order valence-corrected chi connectivity index (χ3v) is 3.56. The number of nitrogens with one attached hydrogen (secondary N) is 1. The highest BCUT2D eigenvalue weighted by Gasteiger charge is 2.16. The van der Waals surface area contributed by atoms with Crippen LogP contribution in [0, 0.1) is 0 Å². The summed E-state index contributed by atoms with van der Waals surface area (Å²) in [5.41, 5.74) is 1.76. The summed E-state index contributed by atoms with van der Waals surface area (Å²) in [4.78, 5) is 19.1. The van der Waals surface area contributed by atoms with Crippen LogP contribution in [0.2, 0.25) is 5.02 Å². The van der Waals surface area contributed by atoms with Crippen LogP contribution < -0.4 is 5.56 Å². The maximum atomic E-state index is 12.1. The first-order chi connectivity index (χ1) is 10.3. The maximum Gasteiger partial charge on any atom is 0.294 e. The predicted molar refractivity (Wildman–Crippen MR) is 79.4 cm³/mol. The Bertz CT molecular complexity index is 1040. The molecule has 0 saturated carbocycles. The van der Waals surface area contributed by atoms with Crippen LogP contribution in [0.1, 0.15) is 0 Å². The Morgan fingerprint density at radius 3 is 2.76 bits per heavy atom. The van der Waals surface area contributed by atoms with Crippen molar-refractivity contribution in [3.63, 3.8) is 0 Å². The maximum absolute atomic E-state index is 12.1. The lowest BCUT2D eigenvalue weighted by molar-refractivity contribution is 1.11. The summed E-state index contributed by atoms with van der Waals surface area (Å²) in [6, 6.07) is 10.8. The van der Waals surface area contributed by atoms with Gasteiger partial charge in [0.15, 0.2) is 11.5 Å². The molecule has 3 aromatic heterocycles. The van der Waals surface area contributed by atoms with E-state index in [2.05, 4.69) is 20.2 Å². The summed E-state index contributed by atoms with van der Waals surface area (Å²) in [6.45, 7) is 0. The molecule has 1 N–H and O–H groups in total. The number of fused-ring (bicyclic) bond motifs is 3. The number of halogens is 1. The Morgan fingerprint density at radius 2 is 1.90 bits per heavy atom. The fraction of sp³-hybridized carbons (Fsp3) is 0. The van der Waals surface area contributed by atoms with Gasteiger partial charge in [-0.3, -0.25) is 9.20 Å². The Morgan fingerprint density at radius 1 is 1.05 bits per heavy atom. The molecule has 6 nitrogen and oxygen atoms in total. The second-order valence-corrected chi connectivity index (χ2v) is 4.90. The molecule has 0 saturated heterocycles. The molecule has 0 radical (unpaired) electrons. The molecular formula is C14H8ClN5O. The standard InChI is InChI=1S/C14H8ClN5O/c15-9-5-2-1-4-8(9)11-18-19-13-14(21)17-10-6-3-7-16-12(10)20(11)13/h1-7H,(H,17,21). The van der Waals surface area contributed by atoms with E-state index in [9.17, 15) is 4.79 Å². The fourth-order valence-electron chi connectivity index (χ4n) is 2.30. The highest BCUT2D eigenvalue weighted by molar-refractivity contribution is 6.33. The molecule has 0 unspecified atom stereocenters. The van der Waals surface area contributed by atoms with Gasteiger partial charge >= 0.3 is 0 Å². The normalized spacial score (nSPS) is 11.3. The smallest absolute Gasteiger partial charge is 0.294 e. The second kappa shape index (κ2) is 4.39. The lowest BCUT2D eigenvalue weighted by Gasteiger charge is -2.04. The zero-order chi connectivity index (χ0) is 14.4. The van der Waals surface area contributed by atoms with E-state index >= 15 is 0 Å². The van der Waals surface area contributed by atoms with Crippen molar-refractivity contribution in [2.45, 2.75) is 0 Å². The van der Waals surface area contributed by atoms with E-state index in [1.54, 1.807) is 28.8 Å². The van der Waals surface area contributed by atoms with Crippen molar-refractivity contribution >= 4 is 28.4 Å². The van der Waals surface area contributed by atoms with E-state index < -0.39 is 0 Å². The SMILES string of the molecule is O=c1[nH]c2cccnc2n2c(-c3ccccc3Cl)nnc12. The zero-order valence-corrected chi connectivity index (χ0v) is 11.4. The molecule has 0 bridgehead atoms. The van der Waals surface area contributed by atoms with E-state index in [-0.39, 0.29) is 11.2 Å². The molecule has 4 rings (SSSR count). The molecule has 0 amide bonds. The third kappa shape index (κ3) is 1.73. The van der Waals surface area contributed by atoms with Gasteiger partial charge in [-0.1, -0.05) is 23.7 Å². The van der Waals surface area contributed by atoms with Crippen molar-refractivity contribution in [1.82, 2.24) is 24.6 Å². The van der Waals surface area contributed by atoms with Crippen LogP contribution in [-0.2, 0) is 0 Å². The highest BCUT2D eigenvalue weighted by Crippen LogP contribution is 2.27. The average Bonchev–Trinajstić information content (AvgIpc) is 2.93. The van der Waals surface area contributed by atoms with Crippen molar-refractivity contribution in [2.75, 3.05) is 0 Å². The van der Waals surface area contributed by atoms with E-state index in [1.807, 2.05) is 18.2 Å². The molecule has 0 spiro atoms. The Balaban J connectivity index is 2.22. The molecule has 1 aromatic carbocycles. The number of nitrogens with zero attached hydrogens (tertiary/aromatic N) is 4. The molecule has 4 aromatic rings. The highest BCUT2D eigenvalue weighted by atomic mass is 35.5. The van der Waals surface area contributed by atoms with E-state index in [1.165, 1.54) is 0 Å². The number of H-pyrrole nitrogens is 1. The first-order valence-corrected chi connectivity index (χ1v) is 6.60. The number of aromatic amines is 1. The average molecular weight is 298 g/mol. The van der Waals surface area contributed by atoms with Crippen LogP contribution in [0.4, 0.5) is 0 Å². The first kappa shape index (κ1) is 12.0. The number of hydrogen-bond acceptors (Lipinski definition) is 4. The predicted octanol–water partition coefficient (Wildman–Crippen LogP) is 2.29. The van der Waals surface area contributed by atoms with Gasteiger partial charge in [0, 0.05) is 11.8 Å². The third-order valence-electron chi connectivity index (χ3n) is 3.23. The molecule has 0 aliphatic carbocycles. The van der Waals surface area contributed by atoms with Gasteiger partial charge in [-0.25, -0.2) is 4.98 Å². The van der Waals surface area contributed by atoms with Crippen molar-refractivity contribution in [3.05, 3.63) is 58.0 Å². The van der Waals surface area contributed by atoms with E-state index in [0.29, 0.717) is 27.6 Å². The molecular weight excluding hydrogens is 290 g/mol. The monoisotopic (exact) mass is 297 g/mol. The number of pyridine rings is 1. The fourth-order valence-corrected chi connectivity index (χ4v) is 2.52. The molecule has 3 heterocycles.